The molecular formula is C21H28N4O2. The molecule has 144 valence electrons. The fraction of sp³-hybridized carbons (Fsp3) is 0.571. The summed E-state index contributed by atoms with van der Waals surface area (Å²) in [6.07, 6.45) is 6.92. The highest BCUT2D eigenvalue weighted by Crippen LogP contribution is 2.31. The highest BCUT2D eigenvalue weighted by molar-refractivity contribution is 5.75. The van der Waals surface area contributed by atoms with E-state index in [9.17, 15) is 4.79 Å². The van der Waals surface area contributed by atoms with Crippen molar-refractivity contribution >= 4 is 6.03 Å². The SMILES string of the molecule is Cc1ccc2c(c1)CCN(C(=O)N[C@H](C)c1nc(C3CCCCC3)no1)C2. The Balaban J connectivity index is 1.37. The standard InChI is InChI=1S/C21H28N4O2/c1-14-8-9-18-13-25(11-10-17(18)12-14)21(26)22-15(2)20-23-19(24-27-20)16-6-4-3-5-7-16/h8-9,12,15-16H,3-7,10-11,13H2,1-2H3,(H,22,26)/t15-/m1/s1. The molecule has 0 unspecified atom stereocenters. The van der Waals surface area contributed by atoms with Gasteiger partial charge in [-0.1, -0.05) is 48.2 Å². The Hall–Kier alpha value is -2.37. The van der Waals surface area contributed by atoms with Crippen molar-refractivity contribution in [2.45, 2.75) is 70.9 Å². The van der Waals surface area contributed by atoms with Gasteiger partial charge in [0.05, 0.1) is 0 Å². The number of nitrogens with one attached hydrogen (secondary N) is 1. The van der Waals surface area contributed by atoms with E-state index in [1.54, 1.807) is 0 Å². The fourth-order valence-corrected chi connectivity index (χ4v) is 4.14. The molecule has 1 saturated carbocycles. The second-order valence-electron chi connectivity index (χ2n) is 7.94. The average molecular weight is 368 g/mol. The molecule has 0 bridgehead atoms. The number of carbonyl (C=O) groups excluding carboxylic acids is 1. The quantitative estimate of drug-likeness (QED) is 0.879. The molecule has 6 heteroatoms. The van der Waals surface area contributed by atoms with Crippen LogP contribution in [0.5, 0.6) is 0 Å². The molecule has 0 radical (unpaired) electrons. The third kappa shape index (κ3) is 3.99. The zero-order valence-corrected chi connectivity index (χ0v) is 16.2. The molecule has 4 rings (SSSR count). The first-order valence-corrected chi connectivity index (χ1v) is 10.1. The number of hydrogen-bond donors (Lipinski definition) is 1. The highest BCUT2D eigenvalue weighted by Gasteiger charge is 2.26. The summed E-state index contributed by atoms with van der Waals surface area (Å²) < 4.78 is 5.44. The van der Waals surface area contributed by atoms with Crippen LogP contribution in [0.2, 0.25) is 0 Å². The molecule has 1 atom stereocenters. The van der Waals surface area contributed by atoms with Gasteiger partial charge in [0.1, 0.15) is 6.04 Å². The van der Waals surface area contributed by atoms with Gasteiger partial charge in [-0.15, -0.1) is 0 Å². The maximum absolute atomic E-state index is 12.7. The molecule has 1 aliphatic heterocycles. The first kappa shape index (κ1) is 18.0. The molecule has 1 N–H and O–H groups in total. The van der Waals surface area contributed by atoms with Crippen molar-refractivity contribution in [3.63, 3.8) is 0 Å². The first-order valence-electron chi connectivity index (χ1n) is 10.1. The van der Waals surface area contributed by atoms with Gasteiger partial charge in [0.2, 0.25) is 5.89 Å². The zero-order chi connectivity index (χ0) is 18.8. The number of amides is 2. The van der Waals surface area contributed by atoms with E-state index >= 15 is 0 Å². The van der Waals surface area contributed by atoms with Crippen LogP contribution in [0.3, 0.4) is 0 Å². The third-order valence-corrected chi connectivity index (χ3v) is 5.80. The second-order valence-corrected chi connectivity index (χ2v) is 7.94. The van der Waals surface area contributed by atoms with Crippen molar-refractivity contribution in [1.82, 2.24) is 20.4 Å². The van der Waals surface area contributed by atoms with Gasteiger partial charge in [-0.05, 0) is 44.2 Å². The number of aromatic nitrogens is 2. The number of nitrogens with zero attached hydrogens (tertiary/aromatic N) is 3. The van der Waals surface area contributed by atoms with E-state index in [0.29, 0.717) is 18.4 Å². The monoisotopic (exact) mass is 368 g/mol. The topological polar surface area (TPSA) is 71.3 Å². The summed E-state index contributed by atoms with van der Waals surface area (Å²) in [4.78, 5) is 19.1. The summed E-state index contributed by atoms with van der Waals surface area (Å²) in [5, 5.41) is 7.18. The van der Waals surface area contributed by atoms with Crippen molar-refractivity contribution < 1.29 is 9.32 Å². The molecule has 2 amide bonds. The molecule has 6 nitrogen and oxygen atoms in total. The van der Waals surface area contributed by atoms with Gasteiger partial charge >= 0.3 is 6.03 Å². The summed E-state index contributed by atoms with van der Waals surface area (Å²) in [6, 6.07) is 6.09. The normalized spacial score (nSPS) is 18.8. The molecule has 2 heterocycles. The smallest absolute Gasteiger partial charge is 0.318 e. The van der Waals surface area contributed by atoms with E-state index in [-0.39, 0.29) is 12.1 Å². The Morgan fingerprint density at radius 1 is 1.26 bits per heavy atom. The summed E-state index contributed by atoms with van der Waals surface area (Å²) in [6.45, 7) is 5.38. The van der Waals surface area contributed by atoms with Crippen LogP contribution >= 0.6 is 0 Å². The number of fused-ring (bicyclic) bond motifs is 1. The van der Waals surface area contributed by atoms with E-state index in [1.165, 1.54) is 36.0 Å². The van der Waals surface area contributed by atoms with Crippen molar-refractivity contribution in [1.29, 1.82) is 0 Å². The predicted molar refractivity (Wildman–Crippen MR) is 102 cm³/mol. The van der Waals surface area contributed by atoms with Gasteiger partial charge in [0.15, 0.2) is 5.82 Å². The number of aryl methyl sites for hydroxylation is 1. The van der Waals surface area contributed by atoms with Crippen LogP contribution in [0.4, 0.5) is 4.79 Å². The minimum absolute atomic E-state index is 0.0776. The molecule has 1 aromatic carbocycles. The van der Waals surface area contributed by atoms with Crippen LogP contribution in [-0.2, 0) is 13.0 Å². The van der Waals surface area contributed by atoms with Crippen molar-refractivity contribution in [3.05, 3.63) is 46.6 Å². The summed E-state index contributed by atoms with van der Waals surface area (Å²) in [7, 11) is 0. The van der Waals surface area contributed by atoms with Crippen LogP contribution in [0.1, 0.15) is 79.4 Å². The van der Waals surface area contributed by atoms with Crippen LogP contribution in [0.15, 0.2) is 22.7 Å². The number of rotatable bonds is 3. The molecule has 1 fully saturated rings. The van der Waals surface area contributed by atoms with Crippen LogP contribution in [0.25, 0.3) is 0 Å². The van der Waals surface area contributed by atoms with Gasteiger partial charge in [0, 0.05) is 19.0 Å². The van der Waals surface area contributed by atoms with Crippen molar-refractivity contribution in [2.24, 2.45) is 0 Å². The van der Waals surface area contributed by atoms with E-state index in [4.69, 9.17) is 4.52 Å². The molecular weight excluding hydrogens is 340 g/mol. The van der Waals surface area contributed by atoms with E-state index in [1.807, 2.05) is 11.8 Å². The van der Waals surface area contributed by atoms with E-state index < -0.39 is 0 Å². The lowest BCUT2D eigenvalue weighted by atomic mass is 9.89. The molecule has 0 spiro atoms. The number of benzene rings is 1. The Morgan fingerprint density at radius 3 is 2.89 bits per heavy atom. The van der Waals surface area contributed by atoms with Gasteiger partial charge < -0.3 is 14.7 Å². The van der Waals surface area contributed by atoms with Gasteiger partial charge in [0.25, 0.3) is 0 Å². The molecule has 2 aromatic rings. The Bertz CT molecular complexity index is 810. The highest BCUT2D eigenvalue weighted by atomic mass is 16.5. The number of carbonyl (C=O) groups is 1. The molecule has 1 aliphatic carbocycles. The summed E-state index contributed by atoms with van der Waals surface area (Å²) in [5.41, 5.74) is 3.85. The van der Waals surface area contributed by atoms with Crippen molar-refractivity contribution in [2.75, 3.05) is 6.54 Å². The summed E-state index contributed by atoms with van der Waals surface area (Å²) >= 11 is 0. The maximum atomic E-state index is 12.7. The second kappa shape index (κ2) is 7.71. The lowest BCUT2D eigenvalue weighted by molar-refractivity contribution is 0.186. The molecule has 0 saturated heterocycles. The predicted octanol–water partition coefficient (Wildman–Crippen LogP) is 4.25. The average Bonchev–Trinajstić information content (AvgIpc) is 3.18. The van der Waals surface area contributed by atoms with Gasteiger partial charge in [-0.2, -0.15) is 4.98 Å². The maximum Gasteiger partial charge on any atom is 0.318 e. The Kier molecular flexibility index (Phi) is 5.14. The van der Waals surface area contributed by atoms with Gasteiger partial charge in [-0.3, -0.25) is 0 Å². The third-order valence-electron chi connectivity index (χ3n) is 5.80. The van der Waals surface area contributed by atoms with Gasteiger partial charge in [-0.25, -0.2) is 4.79 Å². The zero-order valence-electron chi connectivity index (χ0n) is 16.2. The largest absolute Gasteiger partial charge is 0.337 e. The number of hydrogen-bond acceptors (Lipinski definition) is 4. The van der Waals surface area contributed by atoms with Crippen molar-refractivity contribution in [3.8, 4) is 0 Å². The Labute approximate surface area is 160 Å². The van der Waals surface area contributed by atoms with E-state index in [0.717, 1.165) is 31.6 Å². The number of urea groups is 1. The van der Waals surface area contributed by atoms with Crippen LogP contribution in [0, 0.1) is 6.92 Å². The lowest BCUT2D eigenvalue weighted by Gasteiger charge is -2.30. The van der Waals surface area contributed by atoms with E-state index in [2.05, 4.69) is 40.6 Å². The fourth-order valence-electron chi connectivity index (χ4n) is 4.14. The first-order chi connectivity index (χ1) is 13.1. The Morgan fingerprint density at radius 2 is 2.07 bits per heavy atom. The molecule has 1 aromatic heterocycles. The molecule has 2 aliphatic rings. The minimum atomic E-state index is -0.290. The molecule has 27 heavy (non-hydrogen) atoms. The lowest BCUT2D eigenvalue weighted by Crippen LogP contribution is -2.43. The van der Waals surface area contributed by atoms with Crippen LogP contribution < -0.4 is 5.32 Å². The minimum Gasteiger partial charge on any atom is -0.337 e. The summed E-state index contributed by atoms with van der Waals surface area (Å²) in [5.74, 6) is 1.70. The van der Waals surface area contributed by atoms with Crippen LogP contribution in [-0.4, -0.2) is 27.6 Å².